The molecule has 1 heterocycles. The molecule has 19 heavy (non-hydrogen) atoms. The Balaban J connectivity index is 1.91. The minimum Gasteiger partial charge on any atom is -0.334 e. The summed E-state index contributed by atoms with van der Waals surface area (Å²) in [6.45, 7) is 6.37. The summed E-state index contributed by atoms with van der Waals surface area (Å²) in [4.78, 5) is 4.56. The van der Waals surface area contributed by atoms with E-state index in [9.17, 15) is 0 Å². The quantitative estimate of drug-likeness (QED) is 0.828. The standard InChI is InChI=1S/C15H27N3S/c1-3-16-14(15-17-10-11-18(15)4-2)12-19-13-8-6-5-7-9-13/h10-11,13-14,16H,3-9,12H2,1-2H3. The SMILES string of the molecule is CCNC(CSC1CCCCC1)c1nccn1CC. The van der Waals surface area contributed by atoms with Gasteiger partial charge in [0.1, 0.15) is 5.82 Å². The molecule has 1 aliphatic carbocycles. The molecular weight excluding hydrogens is 254 g/mol. The fourth-order valence-corrected chi connectivity index (χ4v) is 4.23. The predicted octanol–water partition coefficient (Wildman–Crippen LogP) is 3.62. The summed E-state index contributed by atoms with van der Waals surface area (Å²) in [7, 11) is 0. The van der Waals surface area contributed by atoms with E-state index in [4.69, 9.17) is 0 Å². The van der Waals surface area contributed by atoms with Crippen LogP contribution in [0.4, 0.5) is 0 Å². The van der Waals surface area contributed by atoms with Crippen LogP contribution < -0.4 is 5.32 Å². The van der Waals surface area contributed by atoms with Crippen LogP contribution in [0.1, 0.15) is 57.8 Å². The van der Waals surface area contributed by atoms with E-state index in [0.717, 1.165) is 24.1 Å². The molecule has 1 fully saturated rings. The van der Waals surface area contributed by atoms with Crippen LogP contribution in [0.25, 0.3) is 0 Å². The molecule has 1 aromatic heterocycles. The molecule has 0 spiro atoms. The van der Waals surface area contributed by atoms with E-state index in [1.165, 1.54) is 37.9 Å². The van der Waals surface area contributed by atoms with Gasteiger partial charge in [0, 0.05) is 29.9 Å². The molecule has 108 valence electrons. The zero-order chi connectivity index (χ0) is 13.5. The third kappa shape index (κ3) is 4.25. The Bertz CT molecular complexity index is 358. The van der Waals surface area contributed by atoms with Gasteiger partial charge in [-0.05, 0) is 26.3 Å². The maximum Gasteiger partial charge on any atom is 0.126 e. The van der Waals surface area contributed by atoms with Crippen molar-refractivity contribution in [2.75, 3.05) is 12.3 Å². The van der Waals surface area contributed by atoms with Crippen LogP contribution in [-0.4, -0.2) is 27.1 Å². The van der Waals surface area contributed by atoms with Crippen molar-refractivity contribution in [3.8, 4) is 0 Å². The van der Waals surface area contributed by atoms with Gasteiger partial charge in [0.2, 0.25) is 0 Å². The van der Waals surface area contributed by atoms with Crippen molar-refractivity contribution < 1.29 is 0 Å². The van der Waals surface area contributed by atoms with Gasteiger partial charge in [-0.2, -0.15) is 11.8 Å². The van der Waals surface area contributed by atoms with Crippen LogP contribution in [0, 0.1) is 0 Å². The highest BCUT2D eigenvalue weighted by Gasteiger charge is 2.19. The number of hydrogen-bond donors (Lipinski definition) is 1. The van der Waals surface area contributed by atoms with Gasteiger partial charge < -0.3 is 9.88 Å². The highest BCUT2D eigenvalue weighted by Crippen LogP contribution is 2.30. The number of thioether (sulfide) groups is 1. The van der Waals surface area contributed by atoms with Gasteiger partial charge in [-0.15, -0.1) is 0 Å². The highest BCUT2D eigenvalue weighted by molar-refractivity contribution is 7.99. The molecule has 0 amide bonds. The fourth-order valence-electron chi connectivity index (χ4n) is 2.83. The molecule has 1 saturated carbocycles. The average Bonchev–Trinajstić information content (AvgIpc) is 2.93. The van der Waals surface area contributed by atoms with Gasteiger partial charge in [-0.25, -0.2) is 4.98 Å². The number of rotatable bonds is 7. The molecule has 1 aromatic rings. The Kier molecular flexibility index (Phi) is 6.24. The zero-order valence-electron chi connectivity index (χ0n) is 12.3. The lowest BCUT2D eigenvalue weighted by molar-refractivity contribution is 0.510. The van der Waals surface area contributed by atoms with E-state index >= 15 is 0 Å². The summed E-state index contributed by atoms with van der Waals surface area (Å²) in [6.07, 6.45) is 11.1. The number of nitrogens with zero attached hydrogens (tertiary/aromatic N) is 2. The maximum absolute atomic E-state index is 4.56. The summed E-state index contributed by atoms with van der Waals surface area (Å²) in [5.74, 6) is 2.35. The Morgan fingerprint density at radius 1 is 1.37 bits per heavy atom. The van der Waals surface area contributed by atoms with Crippen molar-refractivity contribution in [3.05, 3.63) is 18.2 Å². The number of hydrogen-bond acceptors (Lipinski definition) is 3. The lowest BCUT2D eigenvalue weighted by Gasteiger charge is -2.24. The molecule has 0 bridgehead atoms. The van der Waals surface area contributed by atoms with Crippen molar-refractivity contribution in [1.29, 1.82) is 0 Å². The van der Waals surface area contributed by atoms with Crippen molar-refractivity contribution in [1.82, 2.24) is 14.9 Å². The summed E-state index contributed by atoms with van der Waals surface area (Å²) in [5.41, 5.74) is 0. The van der Waals surface area contributed by atoms with E-state index in [0.29, 0.717) is 6.04 Å². The Labute approximate surface area is 121 Å². The van der Waals surface area contributed by atoms with Gasteiger partial charge in [0.05, 0.1) is 6.04 Å². The molecule has 2 rings (SSSR count). The van der Waals surface area contributed by atoms with Crippen molar-refractivity contribution >= 4 is 11.8 Å². The monoisotopic (exact) mass is 281 g/mol. The predicted molar refractivity (Wildman–Crippen MR) is 83.6 cm³/mol. The summed E-state index contributed by atoms with van der Waals surface area (Å²) in [6, 6.07) is 0.395. The van der Waals surface area contributed by atoms with E-state index in [1.54, 1.807) is 0 Å². The normalized spacial score (nSPS) is 18.6. The van der Waals surface area contributed by atoms with Gasteiger partial charge in [-0.3, -0.25) is 0 Å². The van der Waals surface area contributed by atoms with E-state index in [-0.39, 0.29) is 0 Å². The first-order valence-corrected chi connectivity index (χ1v) is 8.76. The first kappa shape index (κ1) is 14.9. The van der Waals surface area contributed by atoms with Gasteiger partial charge in [-0.1, -0.05) is 26.2 Å². The molecule has 0 saturated heterocycles. The van der Waals surface area contributed by atoms with Crippen LogP contribution in [0.5, 0.6) is 0 Å². The van der Waals surface area contributed by atoms with Crippen molar-refractivity contribution in [3.63, 3.8) is 0 Å². The van der Waals surface area contributed by atoms with Crippen LogP contribution in [0.15, 0.2) is 12.4 Å². The van der Waals surface area contributed by atoms with E-state index in [2.05, 4.69) is 46.7 Å². The zero-order valence-corrected chi connectivity index (χ0v) is 13.1. The number of nitrogens with one attached hydrogen (secondary N) is 1. The fraction of sp³-hybridized carbons (Fsp3) is 0.800. The minimum absolute atomic E-state index is 0.395. The first-order valence-electron chi connectivity index (χ1n) is 7.71. The second-order valence-corrected chi connectivity index (χ2v) is 6.61. The largest absolute Gasteiger partial charge is 0.334 e. The number of aryl methyl sites for hydroxylation is 1. The summed E-state index contributed by atoms with van der Waals surface area (Å²) < 4.78 is 2.26. The van der Waals surface area contributed by atoms with Gasteiger partial charge >= 0.3 is 0 Å². The third-order valence-electron chi connectivity index (χ3n) is 3.90. The van der Waals surface area contributed by atoms with Crippen LogP contribution >= 0.6 is 11.8 Å². The molecule has 1 N–H and O–H groups in total. The third-order valence-corrected chi connectivity index (χ3v) is 5.37. The highest BCUT2D eigenvalue weighted by atomic mass is 32.2. The lowest BCUT2D eigenvalue weighted by Crippen LogP contribution is -2.27. The Morgan fingerprint density at radius 2 is 2.16 bits per heavy atom. The van der Waals surface area contributed by atoms with Crippen LogP contribution in [0.2, 0.25) is 0 Å². The minimum atomic E-state index is 0.395. The topological polar surface area (TPSA) is 29.9 Å². The molecule has 1 atom stereocenters. The van der Waals surface area contributed by atoms with Gasteiger partial charge in [0.25, 0.3) is 0 Å². The molecule has 3 nitrogen and oxygen atoms in total. The molecule has 1 aliphatic rings. The molecule has 0 aliphatic heterocycles. The first-order chi connectivity index (χ1) is 9.35. The van der Waals surface area contributed by atoms with E-state index < -0.39 is 0 Å². The van der Waals surface area contributed by atoms with E-state index in [1.807, 2.05) is 6.20 Å². The Morgan fingerprint density at radius 3 is 2.84 bits per heavy atom. The molecule has 0 radical (unpaired) electrons. The number of imidazole rings is 1. The second-order valence-electron chi connectivity index (χ2n) is 5.28. The number of aromatic nitrogens is 2. The molecule has 0 aromatic carbocycles. The average molecular weight is 281 g/mol. The molecule has 4 heteroatoms. The van der Waals surface area contributed by atoms with Crippen LogP contribution in [0.3, 0.4) is 0 Å². The van der Waals surface area contributed by atoms with Crippen LogP contribution in [-0.2, 0) is 6.54 Å². The van der Waals surface area contributed by atoms with Gasteiger partial charge in [0.15, 0.2) is 0 Å². The molecular formula is C15H27N3S. The summed E-state index contributed by atoms with van der Waals surface area (Å²) in [5, 5.41) is 4.47. The lowest BCUT2D eigenvalue weighted by atomic mass is 10.0. The Hall–Kier alpha value is -0.480. The smallest absolute Gasteiger partial charge is 0.126 e. The molecule has 1 unspecified atom stereocenters. The maximum atomic E-state index is 4.56. The van der Waals surface area contributed by atoms with Crippen molar-refractivity contribution in [2.24, 2.45) is 0 Å². The summed E-state index contributed by atoms with van der Waals surface area (Å²) >= 11 is 2.15. The van der Waals surface area contributed by atoms with Crippen molar-refractivity contribution in [2.45, 2.75) is 63.8 Å². The second kappa shape index (κ2) is 7.95.